The van der Waals surface area contributed by atoms with Crippen molar-refractivity contribution in [3.63, 3.8) is 0 Å². The zero-order chi connectivity index (χ0) is 13.5. The molecule has 1 aromatic carbocycles. The van der Waals surface area contributed by atoms with Crippen molar-refractivity contribution in [3.8, 4) is 0 Å². The van der Waals surface area contributed by atoms with Crippen molar-refractivity contribution in [2.45, 2.75) is 33.2 Å². The molecule has 0 unspecified atom stereocenters. The van der Waals surface area contributed by atoms with E-state index in [9.17, 15) is 0 Å². The number of nitrogens with one attached hydrogen (secondary N) is 1. The molecule has 1 N–H and O–H groups in total. The van der Waals surface area contributed by atoms with Gasteiger partial charge in [0.2, 0.25) is 0 Å². The molecule has 0 heterocycles. The summed E-state index contributed by atoms with van der Waals surface area (Å²) in [5.74, 6) is 0. The van der Waals surface area contributed by atoms with Crippen LogP contribution >= 0.6 is 11.6 Å². The molecule has 1 atom stereocenters. The summed E-state index contributed by atoms with van der Waals surface area (Å²) in [6.07, 6.45) is 1.11. The zero-order valence-corrected chi connectivity index (χ0v) is 12.7. The largest absolute Gasteiger partial charge is 0.320 e. The molecule has 0 fully saturated rings. The summed E-state index contributed by atoms with van der Waals surface area (Å²) in [6.45, 7) is 9.69. The maximum absolute atomic E-state index is 6.19. The van der Waals surface area contributed by atoms with Crippen molar-refractivity contribution in [2.75, 3.05) is 26.7 Å². The Kier molecular flexibility index (Phi) is 6.69. The first-order chi connectivity index (χ1) is 8.62. The molecule has 0 aliphatic carbocycles. The van der Waals surface area contributed by atoms with E-state index in [1.165, 1.54) is 11.1 Å². The Balaban J connectivity index is 2.99. The normalized spacial score (nSPS) is 13.0. The smallest absolute Gasteiger partial charge is 0.0411 e. The van der Waals surface area contributed by atoms with Crippen molar-refractivity contribution in [1.82, 2.24) is 10.2 Å². The van der Waals surface area contributed by atoms with Gasteiger partial charge in [-0.3, -0.25) is 4.90 Å². The van der Waals surface area contributed by atoms with E-state index >= 15 is 0 Å². The second-order valence-electron chi connectivity index (χ2n) is 4.69. The van der Waals surface area contributed by atoms with Crippen LogP contribution in [0.5, 0.6) is 0 Å². The molecule has 1 aromatic rings. The third-order valence-corrected chi connectivity index (χ3v) is 3.59. The van der Waals surface area contributed by atoms with E-state index in [-0.39, 0.29) is 0 Å². The van der Waals surface area contributed by atoms with Gasteiger partial charge in [0, 0.05) is 11.1 Å². The van der Waals surface area contributed by atoms with Crippen LogP contribution in [-0.2, 0) is 0 Å². The summed E-state index contributed by atoms with van der Waals surface area (Å²) in [6, 6.07) is 6.82. The first-order valence-electron chi connectivity index (χ1n) is 6.78. The fourth-order valence-electron chi connectivity index (χ4n) is 2.46. The Hall–Kier alpha value is -0.570. The molecular weight excluding hydrogens is 244 g/mol. The molecule has 18 heavy (non-hydrogen) atoms. The summed E-state index contributed by atoms with van der Waals surface area (Å²) >= 11 is 6.19. The summed E-state index contributed by atoms with van der Waals surface area (Å²) < 4.78 is 0. The highest BCUT2D eigenvalue weighted by Crippen LogP contribution is 2.27. The maximum atomic E-state index is 6.19. The van der Waals surface area contributed by atoms with Gasteiger partial charge in [-0.2, -0.15) is 0 Å². The first kappa shape index (κ1) is 15.5. The second kappa shape index (κ2) is 7.78. The van der Waals surface area contributed by atoms with E-state index < -0.39 is 0 Å². The van der Waals surface area contributed by atoms with Gasteiger partial charge in [-0.1, -0.05) is 31.5 Å². The molecule has 0 spiro atoms. The molecule has 2 nitrogen and oxygen atoms in total. The van der Waals surface area contributed by atoms with Crippen molar-refractivity contribution >= 4 is 11.6 Å². The van der Waals surface area contributed by atoms with Gasteiger partial charge in [0.25, 0.3) is 0 Å². The molecule has 0 bridgehead atoms. The molecule has 0 aromatic heterocycles. The van der Waals surface area contributed by atoms with Gasteiger partial charge >= 0.3 is 0 Å². The third-order valence-electron chi connectivity index (χ3n) is 3.37. The lowest BCUT2D eigenvalue weighted by molar-refractivity contribution is 0.208. The predicted octanol–water partition coefficient (Wildman–Crippen LogP) is 3.64. The van der Waals surface area contributed by atoms with Crippen LogP contribution in [0.4, 0.5) is 0 Å². The molecule has 3 heteroatoms. The number of benzene rings is 1. The van der Waals surface area contributed by atoms with E-state index in [1.807, 2.05) is 13.1 Å². The van der Waals surface area contributed by atoms with Crippen LogP contribution in [0.1, 0.15) is 37.4 Å². The van der Waals surface area contributed by atoms with Gasteiger partial charge in [-0.15, -0.1) is 0 Å². The maximum Gasteiger partial charge on any atom is 0.0411 e. The minimum absolute atomic E-state index is 0.449. The number of rotatable bonds is 7. The fraction of sp³-hybridized carbons (Fsp3) is 0.600. The van der Waals surface area contributed by atoms with Crippen LogP contribution in [0, 0.1) is 6.92 Å². The highest BCUT2D eigenvalue weighted by atomic mass is 35.5. The van der Waals surface area contributed by atoms with Crippen LogP contribution in [0.3, 0.4) is 0 Å². The van der Waals surface area contributed by atoms with E-state index in [0.717, 1.165) is 31.1 Å². The summed E-state index contributed by atoms with van der Waals surface area (Å²) in [5, 5.41) is 4.08. The van der Waals surface area contributed by atoms with Crippen LogP contribution in [0.15, 0.2) is 18.2 Å². The average Bonchev–Trinajstić information content (AvgIpc) is 2.33. The Morgan fingerprint density at radius 2 is 1.89 bits per heavy atom. The quantitative estimate of drug-likeness (QED) is 0.812. The molecule has 0 radical (unpaired) electrons. The van der Waals surface area contributed by atoms with E-state index in [0.29, 0.717) is 6.04 Å². The highest BCUT2D eigenvalue weighted by molar-refractivity contribution is 6.30. The van der Waals surface area contributed by atoms with Crippen molar-refractivity contribution in [2.24, 2.45) is 0 Å². The molecule has 102 valence electrons. The van der Waals surface area contributed by atoms with E-state index in [1.54, 1.807) is 0 Å². The SMILES string of the molecule is CCN(CC)[C@@H](CCNC)c1cc(C)cc(Cl)c1. The zero-order valence-electron chi connectivity index (χ0n) is 12.0. The van der Waals surface area contributed by atoms with Gasteiger partial charge in [0.1, 0.15) is 0 Å². The lowest BCUT2D eigenvalue weighted by Gasteiger charge is -2.30. The summed E-state index contributed by atoms with van der Waals surface area (Å²) in [5.41, 5.74) is 2.57. The van der Waals surface area contributed by atoms with Crippen LogP contribution in [0.25, 0.3) is 0 Å². The minimum Gasteiger partial charge on any atom is -0.320 e. The number of halogens is 1. The number of hydrogen-bond acceptors (Lipinski definition) is 2. The Labute approximate surface area is 116 Å². The van der Waals surface area contributed by atoms with Gasteiger partial charge in [0.05, 0.1) is 0 Å². The van der Waals surface area contributed by atoms with Crippen LogP contribution < -0.4 is 5.32 Å². The van der Waals surface area contributed by atoms with Crippen LogP contribution in [0.2, 0.25) is 5.02 Å². The Morgan fingerprint density at radius 1 is 1.22 bits per heavy atom. The monoisotopic (exact) mass is 268 g/mol. The summed E-state index contributed by atoms with van der Waals surface area (Å²) in [7, 11) is 2.00. The lowest BCUT2D eigenvalue weighted by atomic mass is 10.00. The third kappa shape index (κ3) is 4.27. The molecule has 0 aliphatic rings. The topological polar surface area (TPSA) is 15.3 Å². The fourth-order valence-corrected chi connectivity index (χ4v) is 2.76. The molecule has 1 rings (SSSR count). The molecular formula is C15H25ClN2. The Bertz CT molecular complexity index is 341. The average molecular weight is 269 g/mol. The standard InChI is InChI=1S/C15H25ClN2/c1-5-18(6-2)15(7-8-17-4)13-9-12(3)10-14(16)11-13/h9-11,15,17H,5-8H2,1-4H3/t15-/m0/s1. The lowest BCUT2D eigenvalue weighted by Crippen LogP contribution is -2.30. The predicted molar refractivity (Wildman–Crippen MR) is 80.4 cm³/mol. The highest BCUT2D eigenvalue weighted by Gasteiger charge is 2.17. The Morgan fingerprint density at radius 3 is 2.39 bits per heavy atom. The number of aryl methyl sites for hydroxylation is 1. The van der Waals surface area contributed by atoms with Crippen molar-refractivity contribution in [1.29, 1.82) is 0 Å². The molecule has 0 aliphatic heterocycles. The summed E-state index contributed by atoms with van der Waals surface area (Å²) in [4.78, 5) is 2.49. The molecule has 0 amide bonds. The van der Waals surface area contributed by atoms with E-state index in [2.05, 4.69) is 43.1 Å². The van der Waals surface area contributed by atoms with Gasteiger partial charge < -0.3 is 5.32 Å². The van der Waals surface area contributed by atoms with Gasteiger partial charge in [-0.25, -0.2) is 0 Å². The van der Waals surface area contributed by atoms with Crippen molar-refractivity contribution in [3.05, 3.63) is 34.3 Å². The first-order valence-corrected chi connectivity index (χ1v) is 7.15. The second-order valence-corrected chi connectivity index (χ2v) is 5.13. The molecule has 0 saturated carbocycles. The van der Waals surface area contributed by atoms with Crippen molar-refractivity contribution < 1.29 is 0 Å². The molecule has 0 saturated heterocycles. The van der Waals surface area contributed by atoms with Crippen LogP contribution in [-0.4, -0.2) is 31.6 Å². The number of nitrogens with zero attached hydrogens (tertiary/aromatic N) is 1. The van der Waals surface area contributed by atoms with E-state index in [4.69, 9.17) is 11.6 Å². The number of hydrogen-bond donors (Lipinski definition) is 1. The minimum atomic E-state index is 0.449. The van der Waals surface area contributed by atoms with Gasteiger partial charge in [-0.05, 0) is 63.3 Å². The van der Waals surface area contributed by atoms with Gasteiger partial charge in [0.15, 0.2) is 0 Å².